The average molecular weight is 371 g/mol. The van der Waals surface area contributed by atoms with E-state index in [-0.39, 0.29) is 12.3 Å². The van der Waals surface area contributed by atoms with Gasteiger partial charge in [0.15, 0.2) is 0 Å². The van der Waals surface area contributed by atoms with Gasteiger partial charge in [-0.1, -0.05) is 0 Å². The molecule has 0 saturated carbocycles. The maximum atomic E-state index is 12.8. The minimum atomic E-state index is -0.662. The number of carbonyl (C=O) groups is 2. The second-order valence-corrected chi connectivity index (χ2v) is 4.61. The number of nitrogens with one attached hydrogen (secondary N) is 2. The molecule has 0 atom stereocenters. The number of alkyl halides is 1. The van der Waals surface area contributed by atoms with E-state index in [1.165, 1.54) is 18.2 Å². The number of hydrogen-bond acceptors (Lipinski definition) is 2. The van der Waals surface area contributed by atoms with Crippen LogP contribution in [0.4, 0.5) is 14.9 Å². The van der Waals surface area contributed by atoms with Gasteiger partial charge in [-0.2, -0.15) is 0 Å². The average Bonchev–Trinajstić information content (AvgIpc) is 2.22. The smallest absolute Gasteiger partial charge is 0.307 e. The molecule has 1 rings (SSSR count). The number of carbonyl (C=O) groups excluding carboxylic acids is 2. The molecule has 0 aliphatic heterocycles. The molecule has 0 aromatic heterocycles. The summed E-state index contributed by atoms with van der Waals surface area (Å²) in [6, 6.07) is 3.25. The van der Waals surface area contributed by atoms with Crippen molar-refractivity contribution in [2.75, 3.05) is 11.2 Å². The van der Waals surface area contributed by atoms with Crippen molar-refractivity contribution in [2.24, 2.45) is 0 Å². The highest BCUT2D eigenvalue weighted by Gasteiger charge is 2.09. The number of benzene rings is 1. The number of hydrogen-bond donors (Lipinski definition) is 2. The number of anilines is 1. The molecule has 0 saturated heterocycles. The molecule has 0 fully saturated rings. The van der Waals surface area contributed by atoms with Crippen LogP contribution in [0.15, 0.2) is 18.2 Å². The van der Waals surface area contributed by atoms with Crippen LogP contribution in [-0.2, 0) is 4.79 Å². The van der Waals surface area contributed by atoms with Crippen LogP contribution in [0.5, 0.6) is 0 Å². The lowest BCUT2D eigenvalue weighted by Gasteiger charge is -2.07. The fraction of sp³-hybridized carbons (Fsp3) is 0.200. The first-order chi connectivity index (χ1) is 8.02. The van der Waals surface area contributed by atoms with E-state index in [2.05, 4.69) is 10.6 Å². The summed E-state index contributed by atoms with van der Waals surface area (Å²) in [5, 5.41) is 4.54. The van der Waals surface area contributed by atoms with Crippen LogP contribution in [0.2, 0.25) is 0 Å². The van der Waals surface area contributed by atoms with Crippen molar-refractivity contribution in [3.63, 3.8) is 0 Å². The van der Waals surface area contributed by atoms with E-state index in [1.54, 1.807) is 0 Å². The standard InChI is InChI=1S/C10H9ClFIN2O2/c11-4-3-9(16)15-10(17)14-8-2-1-6(12)5-7(8)13/h1-2,5H,3-4H2,(H2,14,15,16,17). The molecule has 1 aromatic rings. The molecular weight excluding hydrogens is 361 g/mol. The van der Waals surface area contributed by atoms with Crippen molar-refractivity contribution < 1.29 is 14.0 Å². The van der Waals surface area contributed by atoms with Gasteiger partial charge in [-0.25, -0.2) is 9.18 Å². The third kappa shape index (κ3) is 4.86. The predicted molar refractivity (Wildman–Crippen MR) is 71.6 cm³/mol. The van der Waals surface area contributed by atoms with Gasteiger partial charge in [0.1, 0.15) is 5.82 Å². The van der Waals surface area contributed by atoms with E-state index in [9.17, 15) is 14.0 Å². The lowest BCUT2D eigenvalue weighted by molar-refractivity contribution is -0.119. The molecule has 92 valence electrons. The Labute approximate surface area is 116 Å². The number of urea groups is 1. The van der Waals surface area contributed by atoms with Crippen LogP contribution in [0, 0.1) is 9.39 Å². The minimum absolute atomic E-state index is 0.0650. The van der Waals surface area contributed by atoms with Crippen molar-refractivity contribution in [3.8, 4) is 0 Å². The summed E-state index contributed by atoms with van der Waals surface area (Å²) in [6.45, 7) is 0. The Hall–Kier alpha value is -0.890. The van der Waals surface area contributed by atoms with Gasteiger partial charge in [0, 0.05) is 15.9 Å². The maximum absolute atomic E-state index is 12.8. The second-order valence-electron chi connectivity index (χ2n) is 3.07. The SMILES string of the molecule is O=C(CCCl)NC(=O)Nc1ccc(F)cc1I. The Morgan fingerprint density at radius 3 is 2.71 bits per heavy atom. The quantitative estimate of drug-likeness (QED) is 0.635. The lowest BCUT2D eigenvalue weighted by atomic mass is 10.3. The van der Waals surface area contributed by atoms with E-state index in [0.717, 1.165) is 0 Å². The minimum Gasteiger partial charge on any atom is -0.307 e. The predicted octanol–water partition coefficient (Wildman–Crippen LogP) is 2.71. The van der Waals surface area contributed by atoms with Crippen LogP contribution in [-0.4, -0.2) is 17.8 Å². The molecule has 1 aromatic carbocycles. The third-order valence-electron chi connectivity index (χ3n) is 1.75. The van der Waals surface area contributed by atoms with Crippen LogP contribution >= 0.6 is 34.2 Å². The van der Waals surface area contributed by atoms with Gasteiger partial charge < -0.3 is 5.32 Å². The van der Waals surface area contributed by atoms with Gasteiger partial charge in [0.25, 0.3) is 0 Å². The van der Waals surface area contributed by atoms with Crippen molar-refractivity contribution in [1.29, 1.82) is 0 Å². The second kappa shape index (κ2) is 6.75. The van der Waals surface area contributed by atoms with Crippen LogP contribution < -0.4 is 10.6 Å². The highest BCUT2D eigenvalue weighted by Crippen LogP contribution is 2.18. The first-order valence-electron chi connectivity index (χ1n) is 4.65. The molecule has 3 amide bonds. The Kier molecular flexibility index (Phi) is 5.63. The zero-order chi connectivity index (χ0) is 12.8. The summed E-state index contributed by atoms with van der Waals surface area (Å²) in [6.07, 6.45) is 0.0650. The van der Waals surface area contributed by atoms with Crippen molar-refractivity contribution >= 4 is 51.8 Å². The normalized spacial score (nSPS) is 9.82. The van der Waals surface area contributed by atoms with E-state index < -0.39 is 17.8 Å². The fourth-order valence-electron chi connectivity index (χ4n) is 1.02. The molecule has 0 aliphatic rings. The number of imide groups is 1. The Bertz CT molecular complexity index is 442. The molecule has 0 bridgehead atoms. The zero-order valence-corrected chi connectivity index (χ0v) is 11.5. The summed E-state index contributed by atoms with van der Waals surface area (Å²) in [4.78, 5) is 22.4. The highest BCUT2D eigenvalue weighted by atomic mass is 127. The molecule has 4 nitrogen and oxygen atoms in total. The maximum Gasteiger partial charge on any atom is 0.325 e. The van der Waals surface area contributed by atoms with Crippen LogP contribution in [0.25, 0.3) is 0 Å². The Balaban J connectivity index is 2.59. The fourth-order valence-corrected chi connectivity index (χ4v) is 1.80. The van der Waals surface area contributed by atoms with Gasteiger partial charge in [-0.05, 0) is 40.8 Å². The summed E-state index contributed by atoms with van der Waals surface area (Å²) in [5.74, 6) is -0.707. The molecule has 17 heavy (non-hydrogen) atoms. The molecule has 0 heterocycles. The number of rotatable bonds is 3. The lowest BCUT2D eigenvalue weighted by Crippen LogP contribution is -2.34. The van der Waals surface area contributed by atoms with E-state index >= 15 is 0 Å². The summed E-state index contributed by atoms with van der Waals surface area (Å²) in [7, 11) is 0. The van der Waals surface area contributed by atoms with Crippen LogP contribution in [0.1, 0.15) is 6.42 Å². The molecule has 0 spiro atoms. The summed E-state index contributed by atoms with van der Waals surface area (Å²) < 4.78 is 13.3. The van der Waals surface area contributed by atoms with Crippen LogP contribution in [0.3, 0.4) is 0 Å². The summed E-state index contributed by atoms with van der Waals surface area (Å²) in [5.41, 5.74) is 0.433. The topological polar surface area (TPSA) is 58.2 Å². The number of amides is 3. The Morgan fingerprint density at radius 1 is 1.41 bits per heavy atom. The van der Waals surface area contributed by atoms with Gasteiger partial charge in [0.05, 0.1) is 5.69 Å². The molecular formula is C10H9ClFIN2O2. The van der Waals surface area contributed by atoms with Crippen molar-refractivity contribution in [2.45, 2.75) is 6.42 Å². The van der Waals surface area contributed by atoms with Gasteiger partial charge in [-0.3, -0.25) is 10.1 Å². The van der Waals surface area contributed by atoms with Gasteiger partial charge in [-0.15, -0.1) is 11.6 Å². The highest BCUT2D eigenvalue weighted by molar-refractivity contribution is 14.1. The zero-order valence-electron chi connectivity index (χ0n) is 8.60. The van der Waals surface area contributed by atoms with E-state index in [1.807, 2.05) is 22.6 Å². The third-order valence-corrected chi connectivity index (χ3v) is 2.84. The Morgan fingerprint density at radius 2 is 2.12 bits per heavy atom. The van der Waals surface area contributed by atoms with E-state index in [0.29, 0.717) is 9.26 Å². The molecule has 0 unspecified atom stereocenters. The molecule has 7 heteroatoms. The molecule has 2 N–H and O–H groups in total. The van der Waals surface area contributed by atoms with Crippen molar-refractivity contribution in [1.82, 2.24) is 5.32 Å². The first-order valence-corrected chi connectivity index (χ1v) is 6.26. The van der Waals surface area contributed by atoms with Gasteiger partial charge >= 0.3 is 6.03 Å². The van der Waals surface area contributed by atoms with E-state index in [4.69, 9.17) is 11.6 Å². The molecule has 0 radical (unpaired) electrons. The monoisotopic (exact) mass is 370 g/mol. The van der Waals surface area contributed by atoms with Gasteiger partial charge in [0.2, 0.25) is 5.91 Å². The number of halogens is 3. The summed E-state index contributed by atoms with van der Waals surface area (Å²) >= 11 is 7.23. The first kappa shape index (κ1) is 14.2. The largest absolute Gasteiger partial charge is 0.325 e. The van der Waals surface area contributed by atoms with Crippen molar-refractivity contribution in [3.05, 3.63) is 27.6 Å². The molecule has 0 aliphatic carbocycles.